The van der Waals surface area contributed by atoms with Crippen molar-refractivity contribution in [3.8, 4) is 0 Å². The number of rotatable bonds is 4. The Kier molecular flexibility index (Phi) is 3.66. The Bertz CT molecular complexity index is 561. The molecule has 0 saturated heterocycles. The summed E-state index contributed by atoms with van der Waals surface area (Å²) in [6.45, 7) is 0.499. The van der Waals surface area contributed by atoms with E-state index in [0.29, 0.717) is 12.4 Å². The van der Waals surface area contributed by atoms with Gasteiger partial charge in [0.05, 0.1) is 17.4 Å². The van der Waals surface area contributed by atoms with Crippen molar-refractivity contribution < 1.29 is 9.90 Å². The average Bonchev–Trinajstić information content (AvgIpc) is 2.60. The first-order valence-electron chi connectivity index (χ1n) is 5.33. The highest BCUT2D eigenvalue weighted by Crippen LogP contribution is 2.18. The number of nitrogens with zero attached hydrogens (tertiary/aromatic N) is 2. The monoisotopic (exact) mass is 309 g/mol. The number of benzene rings is 1. The van der Waals surface area contributed by atoms with Gasteiger partial charge in [-0.25, -0.2) is 0 Å². The summed E-state index contributed by atoms with van der Waals surface area (Å²) in [4.78, 5) is 10.8. The van der Waals surface area contributed by atoms with Crippen LogP contribution in [0.5, 0.6) is 0 Å². The molecular formula is C12H12BrN3O2. The molecule has 1 aromatic carbocycles. The third kappa shape index (κ3) is 2.89. The van der Waals surface area contributed by atoms with Crippen LogP contribution in [0, 0.1) is 0 Å². The van der Waals surface area contributed by atoms with E-state index in [0.717, 1.165) is 15.6 Å². The second kappa shape index (κ2) is 5.22. The number of nitrogens with two attached hydrogens (primary N) is 1. The zero-order valence-electron chi connectivity index (χ0n) is 9.51. The number of anilines is 1. The predicted molar refractivity (Wildman–Crippen MR) is 71.2 cm³/mol. The largest absolute Gasteiger partial charge is 0.481 e. The van der Waals surface area contributed by atoms with Crippen LogP contribution in [0.4, 0.5) is 5.82 Å². The van der Waals surface area contributed by atoms with Crippen LogP contribution in [-0.2, 0) is 17.8 Å². The molecule has 0 bridgehead atoms. The molecule has 0 aliphatic rings. The van der Waals surface area contributed by atoms with Gasteiger partial charge in [0.25, 0.3) is 0 Å². The second-order valence-corrected chi connectivity index (χ2v) is 4.75. The van der Waals surface area contributed by atoms with E-state index in [1.54, 1.807) is 10.9 Å². The second-order valence-electron chi connectivity index (χ2n) is 3.90. The van der Waals surface area contributed by atoms with Gasteiger partial charge in [0.15, 0.2) is 5.82 Å². The van der Waals surface area contributed by atoms with Crippen LogP contribution in [0.3, 0.4) is 0 Å². The van der Waals surface area contributed by atoms with E-state index in [1.807, 2.05) is 24.3 Å². The highest BCUT2D eigenvalue weighted by Gasteiger charge is 2.08. The smallest absolute Gasteiger partial charge is 0.307 e. The minimum Gasteiger partial charge on any atom is -0.481 e. The van der Waals surface area contributed by atoms with Gasteiger partial charge < -0.3 is 10.8 Å². The SMILES string of the molecule is Nc1nn(Cc2ccccc2CC(=O)O)cc1Br. The van der Waals surface area contributed by atoms with Crippen LogP contribution < -0.4 is 5.73 Å². The third-order valence-electron chi connectivity index (χ3n) is 2.54. The number of carbonyl (C=O) groups is 1. The lowest BCUT2D eigenvalue weighted by atomic mass is 10.0. The maximum absolute atomic E-state index is 10.8. The summed E-state index contributed by atoms with van der Waals surface area (Å²) >= 11 is 3.29. The Morgan fingerprint density at radius 2 is 2.06 bits per heavy atom. The predicted octanol–water partition coefficient (Wildman–Crippen LogP) is 1.90. The van der Waals surface area contributed by atoms with E-state index in [2.05, 4.69) is 21.0 Å². The molecule has 0 amide bonds. The zero-order chi connectivity index (χ0) is 13.1. The van der Waals surface area contributed by atoms with E-state index in [9.17, 15) is 4.79 Å². The molecule has 2 rings (SSSR count). The Hall–Kier alpha value is -1.82. The fourth-order valence-corrected chi connectivity index (χ4v) is 2.03. The average molecular weight is 310 g/mol. The van der Waals surface area contributed by atoms with Crippen LogP contribution in [0.25, 0.3) is 0 Å². The molecule has 0 spiro atoms. The lowest BCUT2D eigenvalue weighted by Gasteiger charge is -2.07. The maximum Gasteiger partial charge on any atom is 0.307 e. The number of aromatic nitrogens is 2. The normalized spacial score (nSPS) is 10.5. The minimum atomic E-state index is -0.844. The van der Waals surface area contributed by atoms with Crippen LogP contribution in [-0.4, -0.2) is 20.9 Å². The molecule has 0 atom stereocenters. The lowest BCUT2D eigenvalue weighted by Crippen LogP contribution is -2.07. The lowest BCUT2D eigenvalue weighted by molar-refractivity contribution is -0.136. The molecule has 5 nitrogen and oxygen atoms in total. The first-order valence-corrected chi connectivity index (χ1v) is 6.12. The first kappa shape index (κ1) is 12.6. The third-order valence-corrected chi connectivity index (χ3v) is 3.15. The molecule has 0 saturated carbocycles. The number of aliphatic carboxylic acids is 1. The summed E-state index contributed by atoms with van der Waals surface area (Å²) in [7, 11) is 0. The van der Waals surface area contributed by atoms with Crippen molar-refractivity contribution in [3.63, 3.8) is 0 Å². The number of nitrogen functional groups attached to an aromatic ring is 1. The van der Waals surface area contributed by atoms with Crippen molar-refractivity contribution >= 4 is 27.7 Å². The van der Waals surface area contributed by atoms with E-state index < -0.39 is 5.97 Å². The summed E-state index contributed by atoms with van der Waals surface area (Å²) in [6.07, 6.45) is 1.78. The van der Waals surface area contributed by atoms with Gasteiger partial charge in [0.2, 0.25) is 0 Å². The molecule has 0 unspecified atom stereocenters. The van der Waals surface area contributed by atoms with Gasteiger partial charge in [-0.1, -0.05) is 24.3 Å². The quantitative estimate of drug-likeness (QED) is 0.904. The summed E-state index contributed by atoms with van der Waals surface area (Å²) in [5.74, 6) is -0.422. The Morgan fingerprint density at radius 3 is 2.61 bits per heavy atom. The summed E-state index contributed by atoms with van der Waals surface area (Å²) in [5, 5.41) is 13.0. The van der Waals surface area contributed by atoms with Crippen molar-refractivity contribution in [1.82, 2.24) is 9.78 Å². The molecule has 94 valence electrons. The molecule has 1 heterocycles. The summed E-state index contributed by atoms with van der Waals surface area (Å²) in [6, 6.07) is 7.41. The zero-order valence-corrected chi connectivity index (χ0v) is 11.1. The molecule has 2 aromatic rings. The molecule has 0 radical (unpaired) electrons. The first-order chi connectivity index (χ1) is 8.56. The number of carboxylic acids is 1. The Labute approximate surface area is 112 Å². The highest BCUT2D eigenvalue weighted by molar-refractivity contribution is 9.10. The van der Waals surface area contributed by atoms with E-state index in [-0.39, 0.29) is 6.42 Å². The summed E-state index contributed by atoms with van der Waals surface area (Å²) in [5.41, 5.74) is 7.35. The van der Waals surface area contributed by atoms with E-state index >= 15 is 0 Å². The highest BCUT2D eigenvalue weighted by atomic mass is 79.9. The fraction of sp³-hybridized carbons (Fsp3) is 0.167. The van der Waals surface area contributed by atoms with Gasteiger partial charge in [-0.05, 0) is 27.1 Å². The van der Waals surface area contributed by atoms with Gasteiger partial charge >= 0.3 is 5.97 Å². The van der Waals surface area contributed by atoms with Gasteiger partial charge in [-0.3, -0.25) is 9.48 Å². The van der Waals surface area contributed by atoms with Crippen molar-refractivity contribution in [2.45, 2.75) is 13.0 Å². The van der Waals surface area contributed by atoms with Crippen LogP contribution in [0.1, 0.15) is 11.1 Å². The van der Waals surface area contributed by atoms with E-state index in [4.69, 9.17) is 10.8 Å². The van der Waals surface area contributed by atoms with E-state index in [1.165, 1.54) is 0 Å². The Balaban J connectivity index is 2.25. The Morgan fingerprint density at radius 1 is 1.39 bits per heavy atom. The number of hydrogen-bond donors (Lipinski definition) is 2. The minimum absolute atomic E-state index is 0.00803. The van der Waals surface area contributed by atoms with Crippen LogP contribution in [0.2, 0.25) is 0 Å². The van der Waals surface area contributed by atoms with Crippen molar-refractivity contribution in [2.75, 3.05) is 5.73 Å². The molecule has 0 aliphatic carbocycles. The van der Waals surface area contributed by atoms with Crippen LogP contribution in [0.15, 0.2) is 34.9 Å². The molecular weight excluding hydrogens is 298 g/mol. The fourth-order valence-electron chi connectivity index (χ4n) is 1.71. The van der Waals surface area contributed by atoms with Crippen LogP contribution >= 0.6 is 15.9 Å². The molecule has 0 aliphatic heterocycles. The van der Waals surface area contributed by atoms with Gasteiger partial charge in [-0.2, -0.15) is 5.10 Å². The van der Waals surface area contributed by atoms with Crippen molar-refractivity contribution in [3.05, 3.63) is 46.1 Å². The molecule has 18 heavy (non-hydrogen) atoms. The molecule has 6 heteroatoms. The van der Waals surface area contributed by atoms with Crippen molar-refractivity contribution in [1.29, 1.82) is 0 Å². The van der Waals surface area contributed by atoms with Gasteiger partial charge in [-0.15, -0.1) is 0 Å². The molecule has 0 fully saturated rings. The molecule has 3 N–H and O–H groups in total. The maximum atomic E-state index is 10.8. The molecule has 1 aromatic heterocycles. The standard InChI is InChI=1S/C12H12BrN3O2/c13-10-7-16(15-12(10)14)6-9-4-2-1-3-8(9)5-11(17)18/h1-4,7H,5-6H2,(H2,14,15)(H,17,18). The van der Waals surface area contributed by atoms with Crippen molar-refractivity contribution in [2.24, 2.45) is 0 Å². The van der Waals surface area contributed by atoms with Gasteiger partial charge in [0, 0.05) is 6.20 Å². The number of halogens is 1. The number of hydrogen-bond acceptors (Lipinski definition) is 3. The number of carboxylic acid groups (broad SMARTS) is 1. The van der Waals surface area contributed by atoms with Gasteiger partial charge in [0.1, 0.15) is 0 Å². The topological polar surface area (TPSA) is 81.1 Å². The summed E-state index contributed by atoms with van der Waals surface area (Å²) < 4.78 is 2.42.